The van der Waals surface area contributed by atoms with Crippen molar-refractivity contribution in [2.45, 2.75) is 32.7 Å². The van der Waals surface area contributed by atoms with Crippen LogP contribution in [0.5, 0.6) is 0 Å². The zero-order chi connectivity index (χ0) is 14.9. The molecule has 1 aromatic carbocycles. The summed E-state index contributed by atoms with van der Waals surface area (Å²) in [7, 11) is 0. The van der Waals surface area contributed by atoms with E-state index in [4.69, 9.17) is 5.11 Å². The first-order chi connectivity index (χ1) is 9.41. The van der Waals surface area contributed by atoms with E-state index in [-0.39, 0.29) is 11.3 Å². The minimum atomic E-state index is -1.26. The van der Waals surface area contributed by atoms with Crippen LogP contribution in [0.25, 0.3) is 0 Å². The summed E-state index contributed by atoms with van der Waals surface area (Å²) in [6.45, 7) is 5.12. The van der Waals surface area contributed by atoms with Crippen molar-refractivity contribution in [1.29, 1.82) is 0 Å². The molecule has 0 radical (unpaired) electrons. The van der Waals surface area contributed by atoms with Crippen molar-refractivity contribution in [2.75, 3.05) is 11.4 Å². The number of aromatic carboxylic acids is 1. The van der Waals surface area contributed by atoms with Gasteiger partial charge in [0.1, 0.15) is 5.56 Å². The van der Waals surface area contributed by atoms with E-state index in [0.29, 0.717) is 12.0 Å². The van der Waals surface area contributed by atoms with Crippen LogP contribution in [0, 0.1) is 16.0 Å². The molecule has 1 aliphatic rings. The molecule has 0 aliphatic carbocycles. The molecule has 0 saturated carbocycles. The van der Waals surface area contributed by atoms with Crippen molar-refractivity contribution < 1.29 is 14.8 Å². The molecule has 1 unspecified atom stereocenters. The smallest absolute Gasteiger partial charge is 0.342 e. The van der Waals surface area contributed by atoms with Crippen LogP contribution in [0.3, 0.4) is 0 Å². The predicted molar refractivity (Wildman–Crippen MR) is 75.3 cm³/mol. The van der Waals surface area contributed by atoms with Gasteiger partial charge in [0.2, 0.25) is 0 Å². The number of rotatable bonds is 4. The van der Waals surface area contributed by atoms with Gasteiger partial charge in [0.05, 0.1) is 4.92 Å². The second-order valence-electron chi connectivity index (χ2n) is 5.41. The van der Waals surface area contributed by atoms with Gasteiger partial charge in [-0.1, -0.05) is 13.8 Å². The SMILES string of the molecule is CC(C)C1CCCN1c1ccc([N+](=O)[O-])c(C(=O)O)c1. The maximum Gasteiger partial charge on any atom is 0.342 e. The molecule has 0 amide bonds. The number of nitro benzene ring substituents is 1. The van der Waals surface area contributed by atoms with Gasteiger partial charge in [-0.05, 0) is 30.9 Å². The number of hydrogen-bond donors (Lipinski definition) is 1. The van der Waals surface area contributed by atoms with Gasteiger partial charge in [0, 0.05) is 24.3 Å². The molecular weight excluding hydrogens is 260 g/mol. The number of carbonyl (C=O) groups is 1. The van der Waals surface area contributed by atoms with Gasteiger partial charge < -0.3 is 10.0 Å². The van der Waals surface area contributed by atoms with E-state index in [9.17, 15) is 14.9 Å². The first kappa shape index (κ1) is 14.3. The molecule has 1 N–H and O–H groups in total. The van der Waals surface area contributed by atoms with Crippen LogP contribution in [-0.4, -0.2) is 28.6 Å². The lowest BCUT2D eigenvalue weighted by atomic mass is 10.0. The van der Waals surface area contributed by atoms with Gasteiger partial charge in [0.15, 0.2) is 0 Å². The van der Waals surface area contributed by atoms with Gasteiger partial charge >= 0.3 is 5.97 Å². The average molecular weight is 278 g/mol. The van der Waals surface area contributed by atoms with Crippen LogP contribution in [0.1, 0.15) is 37.0 Å². The Morgan fingerprint density at radius 1 is 1.50 bits per heavy atom. The van der Waals surface area contributed by atoms with E-state index in [1.807, 2.05) is 0 Å². The maximum atomic E-state index is 11.2. The quantitative estimate of drug-likeness (QED) is 0.676. The monoisotopic (exact) mass is 278 g/mol. The van der Waals surface area contributed by atoms with Crippen LogP contribution in [0.2, 0.25) is 0 Å². The van der Waals surface area contributed by atoms with E-state index in [1.54, 1.807) is 6.07 Å². The Bertz CT molecular complexity index is 542. The minimum absolute atomic E-state index is 0.248. The second kappa shape index (κ2) is 5.48. The molecule has 108 valence electrons. The molecule has 1 saturated heterocycles. The summed E-state index contributed by atoms with van der Waals surface area (Å²) in [4.78, 5) is 23.5. The first-order valence-corrected chi connectivity index (χ1v) is 6.70. The van der Waals surface area contributed by atoms with Gasteiger partial charge in [-0.3, -0.25) is 10.1 Å². The lowest BCUT2D eigenvalue weighted by Crippen LogP contribution is -2.33. The number of carboxylic acid groups (broad SMARTS) is 1. The fraction of sp³-hybridized carbons (Fsp3) is 0.500. The van der Waals surface area contributed by atoms with Crippen LogP contribution in [0.15, 0.2) is 18.2 Å². The van der Waals surface area contributed by atoms with Crippen molar-refractivity contribution in [3.05, 3.63) is 33.9 Å². The molecule has 0 aromatic heterocycles. The topological polar surface area (TPSA) is 83.7 Å². The first-order valence-electron chi connectivity index (χ1n) is 6.70. The number of anilines is 1. The molecule has 0 spiro atoms. The minimum Gasteiger partial charge on any atom is -0.477 e. The molecule has 1 atom stereocenters. The Labute approximate surface area is 117 Å². The summed E-state index contributed by atoms with van der Waals surface area (Å²) in [5.41, 5.74) is 0.146. The highest BCUT2D eigenvalue weighted by Crippen LogP contribution is 2.32. The molecule has 1 aromatic rings. The van der Waals surface area contributed by atoms with Crippen molar-refractivity contribution in [3.63, 3.8) is 0 Å². The fourth-order valence-electron chi connectivity index (χ4n) is 2.84. The van der Waals surface area contributed by atoms with Gasteiger partial charge in [-0.15, -0.1) is 0 Å². The van der Waals surface area contributed by atoms with E-state index < -0.39 is 10.9 Å². The normalized spacial score (nSPS) is 18.6. The Hall–Kier alpha value is -2.11. The number of benzene rings is 1. The summed E-state index contributed by atoms with van der Waals surface area (Å²) in [6.07, 6.45) is 2.12. The summed E-state index contributed by atoms with van der Waals surface area (Å²) in [6, 6.07) is 4.71. The molecule has 2 rings (SSSR count). The van der Waals surface area contributed by atoms with Crippen molar-refractivity contribution in [2.24, 2.45) is 5.92 Å². The Morgan fingerprint density at radius 3 is 2.75 bits per heavy atom. The summed E-state index contributed by atoms with van der Waals surface area (Å²) >= 11 is 0. The average Bonchev–Trinajstić information content (AvgIpc) is 2.87. The van der Waals surface area contributed by atoms with Gasteiger partial charge in [0.25, 0.3) is 5.69 Å². The third-order valence-corrected chi connectivity index (χ3v) is 3.81. The van der Waals surface area contributed by atoms with Crippen LogP contribution in [0.4, 0.5) is 11.4 Å². The lowest BCUT2D eigenvalue weighted by Gasteiger charge is -2.29. The number of nitro groups is 1. The molecule has 0 bridgehead atoms. The predicted octanol–water partition coefficient (Wildman–Crippen LogP) is 2.92. The molecule has 1 fully saturated rings. The molecule has 1 aliphatic heterocycles. The zero-order valence-corrected chi connectivity index (χ0v) is 11.6. The highest BCUT2D eigenvalue weighted by Gasteiger charge is 2.29. The summed E-state index contributed by atoms with van der Waals surface area (Å²) in [5, 5.41) is 20.0. The Morgan fingerprint density at radius 2 is 2.20 bits per heavy atom. The number of nitrogens with zero attached hydrogens (tertiary/aromatic N) is 2. The molecule has 20 heavy (non-hydrogen) atoms. The largest absolute Gasteiger partial charge is 0.477 e. The van der Waals surface area contributed by atoms with E-state index in [0.717, 1.165) is 25.1 Å². The standard InChI is InChI=1S/C14H18N2O4/c1-9(2)12-4-3-7-15(12)10-5-6-13(16(19)20)11(8-10)14(17)18/h5-6,8-9,12H,3-4,7H2,1-2H3,(H,17,18). The van der Waals surface area contributed by atoms with E-state index >= 15 is 0 Å². The lowest BCUT2D eigenvalue weighted by molar-refractivity contribution is -0.385. The van der Waals surface area contributed by atoms with E-state index in [2.05, 4.69) is 18.7 Å². The van der Waals surface area contributed by atoms with E-state index in [1.165, 1.54) is 12.1 Å². The van der Waals surface area contributed by atoms with Gasteiger partial charge in [-0.2, -0.15) is 0 Å². The van der Waals surface area contributed by atoms with Crippen LogP contribution < -0.4 is 4.90 Å². The maximum absolute atomic E-state index is 11.2. The van der Waals surface area contributed by atoms with Crippen LogP contribution >= 0.6 is 0 Å². The third kappa shape index (κ3) is 2.59. The fourth-order valence-corrected chi connectivity index (χ4v) is 2.84. The molecule has 6 heteroatoms. The third-order valence-electron chi connectivity index (χ3n) is 3.81. The van der Waals surface area contributed by atoms with Crippen molar-refractivity contribution in [3.8, 4) is 0 Å². The molecule has 6 nitrogen and oxygen atoms in total. The van der Waals surface area contributed by atoms with Gasteiger partial charge in [-0.25, -0.2) is 4.79 Å². The van der Waals surface area contributed by atoms with Crippen molar-refractivity contribution >= 4 is 17.3 Å². The summed E-state index contributed by atoms with van der Waals surface area (Å²) in [5.74, 6) is -0.806. The van der Waals surface area contributed by atoms with Crippen molar-refractivity contribution in [1.82, 2.24) is 0 Å². The summed E-state index contributed by atoms with van der Waals surface area (Å²) < 4.78 is 0. The van der Waals surface area contributed by atoms with Crippen LogP contribution in [-0.2, 0) is 0 Å². The zero-order valence-electron chi connectivity index (χ0n) is 11.6. The Kier molecular flexibility index (Phi) is 3.92. The highest BCUT2D eigenvalue weighted by molar-refractivity contribution is 5.93. The molecular formula is C14H18N2O4. The second-order valence-corrected chi connectivity index (χ2v) is 5.41. The molecule has 1 heterocycles. The Balaban J connectivity index is 2.41. The number of carboxylic acids is 1. The number of hydrogen-bond acceptors (Lipinski definition) is 4. The highest BCUT2D eigenvalue weighted by atomic mass is 16.6.